The summed E-state index contributed by atoms with van der Waals surface area (Å²) in [6.45, 7) is 0. The molecule has 2 nitrogen and oxygen atoms in total. The molecule has 268 valence electrons. The third kappa shape index (κ3) is 5.10. The second kappa shape index (κ2) is 13.5. The molecule has 11 rings (SSSR count). The summed E-state index contributed by atoms with van der Waals surface area (Å²) in [7, 11) is -2.84. The summed E-state index contributed by atoms with van der Waals surface area (Å²) < 4.78 is 4.94. The number of fused-ring (bicyclic) bond motifs is 6. The van der Waals surface area contributed by atoms with Gasteiger partial charge in [-0.1, -0.05) is 188 Å². The van der Waals surface area contributed by atoms with E-state index in [1.807, 2.05) is 0 Å². The van der Waals surface area contributed by atoms with Crippen LogP contribution in [0, 0.1) is 0 Å². The molecule has 2 heterocycles. The first-order valence-electron chi connectivity index (χ1n) is 19.7. The molecule has 0 saturated heterocycles. The van der Waals surface area contributed by atoms with Gasteiger partial charge in [0.2, 0.25) is 0 Å². The molecule has 0 bridgehead atoms. The van der Waals surface area contributed by atoms with Gasteiger partial charge < -0.3 is 9.13 Å². The normalized spacial score (nSPS) is 11.9. The summed E-state index contributed by atoms with van der Waals surface area (Å²) in [5, 5.41) is 10.6. The highest BCUT2D eigenvalue weighted by Crippen LogP contribution is 2.40. The molecule has 0 atom stereocenters. The van der Waals surface area contributed by atoms with Gasteiger partial charge >= 0.3 is 0 Å². The van der Waals surface area contributed by atoms with E-state index in [1.54, 1.807) is 0 Å². The summed E-state index contributed by atoms with van der Waals surface area (Å²) in [5.41, 5.74) is 9.53. The lowest BCUT2D eigenvalue weighted by atomic mass is 9.99. The fourth-order valence-electron chi connectivity index (χ4n) is 9.55. The molecule has 57 heavy (non-hydrogen) atoms. The smallest absolute Gasteiger partial charge is 0.180 e. The topological polar surface area (TPSA) is 9.86 Å². The van der Waals surface area contributed by atoms with Crippen molar-refractivity contribution in [1.82, 2.24) is 9.13 Å². The van der Waals surface area contributed by atoms with Gasteiger partial charge in [0, 0.05) is 32.9 Å². The van der Waals surface area contributed by atoms with Crippen molar-refractivity contribution >= 4 is 72.4 Å². The molecule has 0 fully saturated rings. The van der Waals surface area contributed by atoms with Crippen LogP contribution in [0.4, 0.5) is 0 Å². The van der Waals surface area contributed by atoms with E-state index in [4.69, 9.17) is 0 Å². The molecule has 0 radical (unpaired) electrons. The van der Waals surface area contributed by atoms with Gasteiger partial charge in [-0.2, -0.15) is 0 Å². The fraction of sp³-hybridized carbons (Fsp3) is 0. The van der Waals surface area contributed by atoms with Crippen LogP contribution in [0.3, 0.4) is 0 Å². The van der Waals surface area contributed by atoms with Crippen LogP contribution < -0.4 is 20.7 Å². The van der Waals surface area contributed by atoms with E-state index < -0.39 is 8.07 Å². The number of hydrogen-bond donors (Lipinski definition) is 0. The number of aromatic nitrogens is 2. The maximum atomic E-state index is 2.50. The molecule has 0 amide bonds. The van der Waals surface area contributed by atoms with Crippen LogP contribution in [0.5, 0.6) is 0 Å². The first-order chi connectivity index (χ1) is 28.3. The first kappa shape index (κ1) is 33.2. The van der Waals surface area contributed by atoms with E-state index >= 15 is 0 Å². The van der Waals surface area contributed by atoms with Crippen molar-refractivity contribution in [2.75, 3.05) is 0 Å². The van der Waals surface area contributed by atoms with E-state index in [2.05, 4.69) is 240 Å². The van der Waals surface area contributed by atoms with Gasteiger partial charge in [-0.15, -0.1) is 0 Å². The number of rotatable bonds is 7. The van der Waals surface area contributed by atoms with Crippen LogP contribution >= 0.6 is 0 Å². The van der Waals surface area contributed by atoms with Gasteiger partial charge in [0.15, 0.2) is 8.07 Å². The molecular weight excluding hydrogens is 705 g/mol. The number of para-hydroxylation sites is 2. The summed E-state index contributed by atoms with van der Waals surface area (Å²) in [5.74, 6) is 0. The molecule has 0 aliphatic rings. The van der Waals surface area contributed by atoms with Gasteiger partial charge in [-0.25, -0.2) is 0 Å². The van der Waals surface area contributed by atoms with E-state index in [9.17, 15) is 0 Å². The van der Waals surface area contributed by atoms with Crippen molar-refractivity contribution in [2.45, 2.75) is 0 Å². The lowest BCUT2D eigenvalue weighted by Gasteiger charge is -2.35. The Labute approximate surface area is 333 Å². The second-order valence-corrected chi connectivity index (χ2v) is 18.6. The van der Waals surface area contributed by atoms with Crippen molar-refractivity contribution in [1.29, 1.82) is 0 Å². The molecule has 0 aliphatic carbocycles. The lowest BCUT2D eigenvalue weighted by molar-refractivity contribution is 1.15. The Bertz CT molecular complexity index is 3110. The molecule has 0 spiro atoms. The number of nitrogens with zero attached hydrogens (tertiary/aromatic N) is 2. The van der Waals surface area contributed by atoms with E-state index in [0.717, 1.165) is 11.4 Å². The minimum absolute atomic E-state index is 1.14. The van der Waals surface area contributed by atoms with Crippen LogP contribution in [0.25, 0.3) is 66.1 Å². The lowest BCUT2D eigenvalue weighted by Crippen LogP contribution is -2.74. The molecule has 0 N–H and O–H groups in total. The minimum Gasteiger partial charge on any atom is -0.309 e. The molecule has 3 heteroatoms. The van der Waals surface area contributed by atoms with Crippen molar-refractivity contribution in [3.63, 3.8) is 0 Å². The zero-order valence-electron chi connectivity index (χ0n) is 31.3. The molecule has 0 unspecified atom stereocenters. The summed E-state index contributed by atoms with van der Waals surface area (Å²) >= 11 is 0. The van der Waals surface area contributed by atoms with Crippen molar-refractivity contribution in [3.8, 4) is 22.5 Å². The quantitative estimate of drug-likeness (QED) is 0.114. The Kier molecular flexibility index (Phi) is 7.87. The Morgan fingerprint density at radius 3 is 1.40 bits per heavy atom. The highest BCUT2D eigenvalue weighted by Gasteiger charge is 2.43. The van der Waals surface area contributed by atoms with Crippen molar-refractivity contribution in [3.05, 3.63) is 231 Å². The summed E-state index contributed by atoms with van der Waals surface area (Å²) in [6.07, 6.45) is 0. The summed E-state index contributed by atoms with van der Waals surface area (Å²) in [6, 6.07) is 85.2. The predicted molar refractivity (Wildman–Crippen MR) is 244 cm³/mol. The van der Waals surface area contributed by atoms with E-state index in [0.29, 0.717) is 0 Å². The van der Waals surface area contributed by atoms with Gasteiger partial charge in [0.25, 0.3) is 0 Å². The molecule has 0 aliphatic heterocycles. The van der Waals surface area contributed by atoms with Gasteiger partial charge in [0.1, 0.15) is 0 Å². The zero-order chi connectivity index (χ0) is 37.8. The van der Waals surface area contributed by atoms with Gasteiger partial charge in [-0.3, -0.25) is 0 Å². The van der Waals surface area contributed by atoms with Crippen LogP contribution in [-0.2, 0) is 0 Å². The number of benzene rings is 9. The van der Waals surface area contributed by atoms with Gasteiger partial charge in [0.05, 0.1) is 22.1 Å². The van der Waals surface area contributed by atoms with Crippen LogP contribution in [0.15, 0.2) is 231 Å². The molecule has 2 aromatic heterocycles. The molecule has 11 aromatic rings. The zero-order valence-corrected chi connectivity index (χ0v) is 32.3. The average molecular weight is 743 g/mol. The Morgan fingerprint density at radius 2 is 0.772 bits per heavy atom. The maximum absolute atomic E-state index is 2.84. The van der Waals surface area contributed by atoms with E-state index in [-0.39, 0.29) is 0 Å². The van der Waals surface area contributed by atoms with E-state index in [1.165, 1.54) is 75.5 Å². The Balaban J connectivity index is 1.25. The maximum Gasteiger partial charge on any atom is 0.180 e. The largest absolute Gasteiger partial charge is 0.309 e. The monoisotopic (exact) mass is 742 g/mol. The predicted octanol–water partition coefficient (Wildman–Crippen LogP) is 10.9. The van der Waals surface area contributed by atoms with Crippen LogP contribution in [0.1, 0.15) is 0 Å². The molecule has 9 aromatic carbocycles. The third-order valence-corrected chi connectivity index (χ3v) is 16.7. The third-order valence-electron chi connectivity index (χ3n) is 11.9. The minimum atomic E-state index is -2.84. The van der Waals surface area contributed by atoms with Crippen molar-refractivity contribution in [2.24, 2.45) is 0 Å². The number of hydrogen-bond acceptors (Lipinski definition) is 0. The average Bonchev–Trinajstić information content (AvgIpc) is 3.81. The van der Waals surface area contributed by atoms with Crippen LogP contribution in [-0.4, -0.2) is 17.2 Å². The highest BCUT2D eigenvalue weighted by atomic mass is 28.3. The Hall–Kier alpha value is -7.20. The SMILES string of the molecule is c1ccc(-c2cccc3c2c2ccc(-n4c5ccccc5c5c([Si](c6ccccc6)(c6ccccc6)c6ccccc6)cccc54)cc2n3-c2ccccc2)cc1. The van der Waals surface area contributed by atoms with Gasteiger partial charge in [-0.05, 0) is 74.3 Å². The first-order valence-corrected chi connectivity index (χ1v) is 21.7. The second-order valence-electron chi connectivity index (χ2n) is 14.8. The van der Waals surface area contributed by atoms with Crippen molar-refractivity contribution < 1.29 is 0 Å². The summed E-state index contributed by atoms with van der Waals surface area (Å²) in [4.78, 5) is 0. The highest BCUT2D eigenvalue weighted by molar-refractivity contribution is 7.20. The molecule has 0 saturated carbocycles. The fourth-order valence-corrected chi connectivity index (χ4v) is 14.5. The standard InChI is InChI=1S/C54H38N2Si/c1-6-20-39(21-7-1)45-31-18-33-49-53(45)47-37-36-41(38-51(47)55(49)40-22-8-2-9-23-40)56-48-32-17-16-30-46(48)54-50(56)34-19-35-52(54)57(42-24-10-3-11-25-42,43-26-12-4-13-27-43)44-28-14-5-15-29-44/h1-38H. The molecular formula is C54H38N2Si. The van der Waals surface area contributed by atoms with Crippen LogP contribution in [0.2, 0.25) is 0 Å². The Morgan fingerprint density at radius 1 is 0.298 bits per heavy atom.